The number of carboxylic acids is 1. The summed E-state index contributed by atoms with van der Waals surface area (Å²) in [6.45, 7) is 2.38. The Balaban J connectivity index is 1.99. The molecule has 0 aromatic carbocycles. The molecule has 16 heavy (non-hydrogen) atoms. The van der Waals surface area contributed by atoms with E-state index in [-0.39, 0.29) is 12.2 Å². The van der Waals surface area contributed by atoms with Gasteiger partial charge in [0, 0.05) is 13.2 Å². The largest absolute Gasteiger partial charge is 0.478 e. The fraction of sp³-hybridized carbons (Fsp3) is 0.545. The van der Waals surface area contributed by atoms with Crippen molar-refractivity contribution < 1.29 is 19.4 Å². The van der Waals surface area contributed by atoms with Crippen molar-refractivity contribution in [3.63, 3.8) is 0 Å². The molecule has 5 nitrogen and oxygen atoms in total. The molecule has 1 saturated heterocycles. The summed E-state index contributed by atoms with van der Waals surface area (Å²) in [6, 6.07) is 1.47. The van der Waals surface area contributed by atoms with Crippen molar-refractivity contribution >= 4 is 5.97 Å². The minimum atomic E-state index is -0.957. The second-order valence-corrected chi connectivity index (χ2v) is 4.13. The highest BCUT2D eigenvalue weighted by Crippen LogP contribution is 2.20. The van der Waals surface area contributed by atoms with Crippen LogP contribution in [0.25, 0.3) is 0 Å². The van der Waals surface area contributed by atoms with Crippen LogP contribution in [0.1, 0.15) is 22.5 Å². The summed E-state index contributed by atoms with van der Waals surface area (Å²) in [5.74, 6) is -0.156. The van der Waals surface area contributed by atoms with Gasteiger partial charge < -0.3 is 14.6 Å². The average Bonchev–Trinajstić information content (AvgIpc) is 2.87. The second-order valence-electron chi connectivity index (χ2n) is 4.13. The summed E-state index contributed by atoms with van der Waals surface area (Å²) in [7, 11) is 0. The number of carboxylic acid groups (broad SMARTS) is 1. The lowest BCUT2D eigenvalue weighted by molar-refractivity contribution is 0.0692. The highest BCUT2D eigenvalue weighted by atomic mass is 16.4. The van der Waals surface area contributed by atoms with Crippen LogP contribution in [-0.4, -0.2) is 40.8 Å². The summed E-state index contributed by atoms with van der Waals surface area (Å²) >= 11 is 0. The molecule has 1 aromatic heterocycles. The molecule has 0 spiro atoms. The molecule has 5 heteroatoms. The Hall–Kier alpha value is -1.33. The molecule has 88 valence electrons. The van der Waals surface area contributed by atoms with Gasteiger partial charge in [0.05, 0.1) is 12.8 Å². The third-order valence-corrected chi connectivity index (χ3v) is 2.97. The molecule has 1 atom stereocenters. The first-order valence-corrected chi connectivity index (χ1v) is 5.33. The lowest BCUT2D eigenvalue weighted by atomic mass is 10.1. The van der Waals surface area contributed by atoms with Crippen molar-refractivity contribution in [1.82, 2.24) is 4.90 Å². The number of aliphatic hydroxyl groups is 1. The van der Waals surface area contributed by atoms with Gasteiger partial charge in [0.2, 0.25) is 0 Å². The molecule has 0 saturated carbocycles. The van der Waals surface area contributed by atoms with Crippen molar-refractivity contribution in [2.24, 2.45) is 5.92 Å². The maximum Gasteiger partial charge on any atom is 0.339 e. The first-order chi connectivity index (χ1) is 7.70. The van der Waals surface area contributed by atoms with E-state index in [0.717, 1.165) is 19.5 Å². The molecule has 0 amide bonds. The Morgan fingerprint density at radius 3 is 3.06 bits per heavy atom. The van der Waals surface area contributed by atoms with E-state index in [0.29, 0.717) is 18.2 Å². The minimum absolute atomic E-state index is 0.195. The number of hydrogen-bond acceptors (Lipinski definition) is 4. The number of likely N-dealkylation sites (tertiary alicyclic amines) is 1. The number of carbonyl (C=O) groups is 1. The van der Waals surface area contributed by atoms with E-state index in [2.05, 4.69) is 4.90 Å². The Kier molecular flexibility index (Phi) is 3.26. The van der Waals surface area contributed by atoms with Gasteiger partial charge in [-0.2, -0.15) is 0 Å². The molecular formula is C11H15NO4. The van der Waals surface area contributed by atoms with Crippen molar-refractivity contribution in [2.75, 3.05) is 19.7 Å². The Morgan fingerprint density at radius 2 is 2.44 bits per heavy atom. The van der Waals surface area contributed by atoms with Crippen LogP contribution in [0.3, 0.4) is 0 Å². The molecule has 1 aromatic rings. The summed E-state index contributed by atoms with van der Waals surface area (Å²) in [6.07, 6.45) is 2.36. The Labute approximate surface area is 93.3 Å². The van der Waals surface area contributed by atoms with E-state index >= 15 is 0 Å². The van der Waals surface area contributed by atoms with Gasteiger partial charge >= 0.3 is 5.97 Å². The van der Waals surface area contributed by atoms with Crippen molar-refractivity contribution in [3.05, 3.63) is 23.7 Å². The number of furan rings is 1. The fourth-order valence-electron chi connectivity index (χ4n) is 2.06. The molecule has 1 unspecified atom stereocenters. The van der Waals surface area contributed by atoms with Crippen molar-refractivity contribution in [3.8, 4) is 0 Å². The number of hydrogen-bond donors (Lipinski definition) is 2. The summed E-state index contributed by atoms with van der Waals surface area (Å²) in [5.41, 5.74) is 0.229. The van der Waals surface area contributed by atoms with Gasteiger partial charge in [0.25, 0.3) is 0 Å². The smallest absolute Gasteiger partial charge is 0.339 e. The quantitative estimate of drug-likeness (QED) is 0.792. The van der Waals surface area contributed by atoms with Crippen LogP contribution in [0, 0.1) is 5.92 Å². The third-order valence-electron chi connectivity index (χ3n) is 2.97. The standard InChI is InChI=1S/C11H15NO4/c13-7-8-1-3-12(5-8)6-10-9(11(14)15)2-4-16-10/h2,4,8,13H,1,3,5-7H2,(H,14,15). The lowest BCUT2D eigenvalue weighted by Gasteiger charge is -2.13. The Bertz CT molecular complexity index is 374. The van der Waals surface area contributed by atoms with Crippen LogP contribution in [0.4, 0.5) is 0 Å². The van der Waals surface area contributed by atoms with E-state index in [9.17, 15) is 4.79 Å². The second kappa shape index (κ2) is 4.67. The first kappa shape index (κ1) is 11.2. The molecule has 1 fully saturated rings. The zero-order valence-corrected chi connectivity index (χ0v) is 8.93. The molecule has 1 aliphatic rings. The summed E-state index contributed by atoms with van der Waals surface area (Å²) in [4.78, 5) is 13.0. The van der Waals surface area contributed by atoms with Crippen LogP contribution in [0.2, 0.25) is 0 Å². The predicted octanol–water partition coefficient (Wildman–Crippen LogP) is 0.792. The summed E-state index contributed by atoms with van der Waals surface area (Å²) < 4.78 is 5.17. The molecule has 0 radical (unpaired) electrons. The Morgan fingerprint density at radius 1 is 1.62 bits per heavy atom. The maximum absolute atomic E-state index is 10.9. The molecule has 1 aliphatic heterocycles. The van der Waals surface area contributed by atoms with Gasteiger partial charge in [-0.25, -0.2) is 4.79 Å². The number of aromatic carboxylic acids is 1. The minimum Gasteiger partial charge on any atom is -0.478 e. The van der Waals surface area contributed by atoms with Crippen LogP contribution in [0.15, 0.2) is 16.7 Å². The van der Waals surface area contributed by atoms with Crippen LogP contribution in [0.5, 0.6) is 0 Å². The predicted molar refractivity (Wildman–Crippen MR) is 56.1 cm³/mol. The lowest BCUT2D eigenvalue weighted by Crippen LogP contribution is -2.21. The normalized spacial score (nSPS) is 21.4. The van der Waals surface area contributed by atoms with Gasteiger partial charge in [0.1, 0.15) is 11.3 Å². The molecule has 2 rings (SSSR count). The fourth-order valence-corrected chi connectivity index (χ4v) is 2.06. The van der Waals surface area contributed by atoms with Crippen LogP contribution < -0.4 is 0 Å². The molecule has 0 bridgehead atoms. The molecule has 2 heterocycles. The van der Waals surface area contributed by atoms with Gasteiger partial charge in [-0.1, -0.05) is 0 Å². The van der Waals surface area contributed by atoms with E-state index in [1.54, 1.807) is 0 Å². The monoisotopic (exact) mass is 225 g/mol. The number of nitrogens with zero attached hydrogens (tertiary/aromatic N) is 1. The van der Waals surface area contributed by atoms with E-state index in [1.165, 1.54) is 12.3 Å². The van der Waals surface area contributed by atoms with Gasteiger partial charge in [-0.05, 0) is 24.9 Å². The number of aliphatic hydroxyl groups excluding tert-OH is 1. The highest BCUT2D eigenvalue weighted by molar-refractivity contribution is 5.88. The molecular weight excluding hydrogens is 210 g/mol. The number of rotatable bonds is 4. The molecule has 0 aliphatic carbocycles. The van der Waals surface area contributed by atoms with E-state index in [1.807, 2.05) is 0 Å². The zero-order valence-electron chi connectivity index (χ0n) is 8.93. The summed E-state index contributed by atoms with van der Waals surface area (Å²) in [5, 5.41) is 17.9. The van der Waals surface area contributed by atoms with E-state index < -0.39 is 5.97 Å². The molecule has 2 N–H and O–H groups in total. The van der Waals surface area contributed by atoms with Crippen LogP contribution >= 0.6 is 0 Å². The zero-order chi connectivity index (χ0) is 11.5. The van der Waals surface area contributed by atoms with Crippen molar-refractivity contribution in [1.29, 1.82) is 0 Å². The van der Waals surface area contributed by atoms with Gasteiger partial charge in [0.15, 0.2) is 0 Å². The van der Waals surface area contributed by atoms with Crippen LogP contribution in [-0.2, 0) is 6.54 Å². The van der Waals surface area contributed by atoms with Crippen molar-refractivity contribution in [2.45, 2.75) is 13.0 Å². The van der Waals surface area contributed by atoms with Gasteiger partial charge in [-0.15, -0.1) is 0 Å². The van der Waals surface area contributed by atoms with E-state index in [4.69, 9.17) is 14.6 Å². The highest BCUT2D eigenvalue weighted by Gasteiger charge is 2.24. The third kappa shape index (κ3) is 2.25. The SMILES string of the molecule is O=C(O)c1ccoc1CN1CCC(CO)C1. The maximum atomic E-state index is 10.9. The first-order valence-electron chi connectivity index (χ1n) is 5.33. The topological polar surface area (TPSA) is 73.9 Å². The average molecular weight is 225 g/mol. The van der Waals surface area contributed by atoms with Gasteiger partial charge in [-0.3, -0.25) is 4.90 Å².